The van der Waals surface area contributed by atoms with Gasteiger partial charge in [0.1, 0.15) is 5.82 Å². The van der Waals surface area contributed by atoms with Gasteiger partial charge in [-0.25, -0.2) is 4.39 Å². The molecule has 3 heteroatoms. The molecule has 0 aromatic heterocycles. The fourth-order valence-corrected chi connectivity index (χ4v) is 2.40. The number of hydrogen-bond acceptors (Lipinski definition) is 2. The highest BCUT2D eigenvalue weighted by Crippen LogP contribution is 2.24. The molecule has 0 saturated heterocycles. The highest BCUT2D eigenvalue weighted by Gasteiger charge is 2.13. The minimum absolute atomic E-state index is 0.101. The van der Waals surface area contributed by atoms with E-state index in [4.69, 9.17) is 0 Å². The number of benzene rings is 1. The van der Waals surface area contributed by atoms with Gasteiger partial charge in [-0.2, -0.15) is 0 Å². The van der Waals surface area contributed by atoms with Gasteiger partial charge in [0.15, 0.2) is 0 Å². The van der Waals surface area contributed by atoms with Crippen molar-refractivity contribution >= 4 is 5.69 Å². The molecule has 0 aliphatic rings. The lowest BCUT2D eigenvalue weighted by Gasteiger charge is -2.27. The third kappa shape index (κ3) is 5.12. The van der Waals surface area contributed by atoms with Crippen LogP contribution in [0.15, 0.2) is 18.2 Å². The Hall–Kier alpha value is -1.09. The van der Waals surface area contributed by atoms with Crippen LogP contribution < -0.4 is 10.2 Å². The highest BCUT2D eigenvalue weighted by molar-refractivity contribution is 5.54. The number of anilines is 1. The second-order valence-corrected chi connectivity index (χ2v) is 5.75. The van der Waals surface area contributed by atoms with E-state index < -0.39 is 0 Å². The summed E-state index contributed by atoms with van der Waals surface area (Å²) in [4.78, 5) is 2.30. The SMILES string of the molecule is CCCN(CCC)c1cccc(F)c1CNCC(C)C. The smallest absolute Gasteiger partial charge is 0.129 e. The van der Waals surface area contributed by atoms with E-state index in [-0.39, 0.29) is 5.82 Å². The van der Waals surface area contributed by atoms with E-state index in [0.29, 0.717) is 12.5 Å². The number of nitrogens with zero attached hydrogens (tertiary/aromatic N) is 1. The van der Waals surface area contributed by atoms with E-state index in [2.05, 4.69) is 37.9 Å². The first-order chi connectivity index (χ1) is 9.60. The third-order valence-corrected chi connectivity index (χ3v) is 3.28. The zero-order valence-electron chi connectivity index (χ0n) is 13.4. The van der Waals surface area contributed by atoms with Crippen LogP contribution in [-0.2, 0) is 6.54 Å². The lowest BCUT2D eigenvalue weighted by Crippen LogP contribution is -2.28. The van der Waals surface area contributed by atoms with Crippen LogP contribution >= 0.6 is 0 Å². The maximum absolute atomic E-state index is 14.1. The Bertz CT molecular complexity index is 385. The number of rotatable bonds is 9. The summed E-state index contributed by atoms with van der Waals surface area (Å²) in [5.41, 5.74) is 1.85. The molecule has 20 heavy (non-hydrogen) atoms. The standard InChI is InChI=1S/C17H29FN2/c1-5-10-20(11-6-2)17-9-7-8-16(18)15(17)13-19-12-14(3)4/h7-9,14,19H,5-6,10-13H2,1-4H3. The molecule has 0 unspecified atom stereocenters. The van der Waals surface area contributed by atoms with Crippen LogP contribution in [0.25, 0.3) is 0 Å². The van der Waals surface area contributed by atoms with E-state index in [1.807, 2.05) is 12.1 Å². The first kappa shape index (κ1) is 17.0. The first-order valence-electron chi connectivity index (χ1n) is 7.83. The number of halogens is 1. The topological polar surface area (TPSA) is 15.3 Å². The molecule has 1 aromatic carbocycles. The van der Waals surface area contributed by atoms with Crippen LogP contribution in [0.2, 0.25) is 0 Å². The van der Waals surface area contributed by atoms with E-state index in [1.165, 1.54) is 0 Å². The van der Waals surface area contributed by atoms with Crippen LogP contribution in [0.3, 0.4) is 0 Å². The average Bonchev–Trinajstić information content (AvgIpc) is 2.40. The van der Waals surface area contributed by atoms with Crippen molar-refractivity contribution < 1.29 is 4.39 Å². The van der Waals surface area contributed by atoms with Crippen molar-refractivity contribution in [1.29, 1.82) is 0 Å². The van der Waals surface area contributed by atoms with Crippen LogP contribution in [0, 0.1) is 11.7 Å². The summed E-state index contributed by atoms with van der Waals surface area (Å²) >= 11 is 0. The molecule has 1 aromatic rings. The molecular weight excluding hydrogens is 251 g/mol. The van der Waals surface area contributed by atoms with Gasteiger partial charge in [-0.1, -0.05) is 33.8 Å². The van der Waals surface area contributed by atoms with Crippen molar-refractivity contribution in [3.05, 3.63) is 29.6 Å². The molecule has 0 aliphatic carbocycles. The maximum Gasteiger partial charge on any atom is 0.129 e. The maximum atomic E-state index is 14.1. The molecule has 0 atom stereocenters. The second-order valence-electron chi connectivity index (χ2n) is 5.75. The van der Waals surface area contributed by atoms with Gasteiger partial charge in [-0.15, -0.1) is 0 Å². The normalized spacial score (nSPS) is 11.1. The van der Waals surface area contributed by atoms with Crippen molar-refractivity contribution in [3.63, 3.8) is 0 Å². The van der Waals surface area contributed by atoms with Crippen LogP contribution in [0.1, 0.15) is 46.1 Å². The van der Waals surface area contributed by atoms with Gasteiger partial charge in [0.25, 0.3) is 0 Å². The van der Waals surface area contributed by atoms with Crippen molar-refractivity contribution in [1.82, 2.24) is 5.32 Å². The van der Waals surface area contributed by atoms with Crippen LogP contribution in [0.4, 0.5) is 10.1 Å². The fourth-order valence-electron chi connectivity index (χ4n) is 2.40. The quantitative estimate of drug-likeness (QED) is 0.729. The lowest BCUT2D eigenvalue weighted by molar-refractivity contribution is 0.533. The molecule has 0 spiro atoms. The molecular formula is C17H29FN2. The van der Waals surface area contributed by atoms with E-state index in [9.17, 15) is 4.39 Å². The predicted molar refractivity (Wildman–Crippen MR) is 85.7 cm³/mol. The molecule has 0 aliphatic heterocycles. The van der Waals surface area contributed by atoms with Crippen molar-refractivity contribution in [2.24, 2.45) is 5.92 Å². The van der Waals surface area contributed by atoms with Gasteiger partial charge in [0.2, 0.25) is 0 Å². The van der Waals surface area contributed by atoms with Crippen molar-refractivity contribution in [2.45, 2.75) is 47.1 Å². The monoisotopic (exact) mass is 280 g/mol. The Balaban J connectivity index is 2.90. The third-order valence-electron chi connectivity index (χ3n) is 3.28. The molecule has 0 heterocycles. The van der Waals surface area contributed by atoms with Gasteiger partial charge in [-0.05, 0) is 37.4 Å². The van der Waals surface area contributed by atoms with Crippen molar-refractivity contribution in [2.75, 3.05) is 24.5 Å². The van der Waals surface area contributed by atoms with Gasteiger partial charge in [0, 0.05) is 30.9 Å². The summed E-state index contributed by atoms with van der Waals surface area (Å²) in [6, 6.07) is 5.42. The lowest BCUT2D eigenvalue weighted by atomic mass is 10.1. The highest BCUT2D eigenvalue weighted by atomic mass is 19.1. The van der Waals surface area contributed by atoms with Gasteiger partial charge >= 0.3 is 0 Å². The first-order valence-corrected chi connectivity index (χ1v) is 7.83. The molecule has 0 amide bonds. The van der Waals surface area contributed by atoms with E-state index in [0.717, 1.165) is 43.7 Å². The molecule has 1 rings (SSSR count). The summed E-state index contributed by atoms with van der Waals surface area (Å²) in [6.07, 6.45) is 2.16. The minimum atomic E-state index is -0.101. The van der Waals surface area contributed by atoms with Gasteiger partial charge in [0.05, 0.1) is 0 Å². The summed E-state index contributed by atoms with van der Waals surface area (Å²) in [6.45, 7) is 12.1. The summed E-state index contributed by atoms with van der Waals surface area (Å²) in [5.74, 6) is 0.476. The van der Waals surface area contributed by atoms with E-state index >= 15 is 0 Å². The molecule has 0 radical (unpaired) electrons. The Morgan fingerprint density at radius 2 is 1.80 bits per heavy atom. The average molecular weight is 280 g/mol. The zero-order chi connectivity index (χ0) is 15.0. The van der Waals surface area contributed by atoms with Gasteiger partial charge < -0.3 is 10.2 Å². The second kappa shape index (κ2) is 8.96. The fraction of sp³-hybridized carbons (Fsp3) is 0.647. The van der Waals surface area contributed by atoms with Crippen molar-refractivity contribution in [3.8, 4) is 0 Å². The molecule has 1 N–H and O–H groups in total. The van der Waals surface area contributed by atoms with E-state index in [1.54, 1.807) is 6.07 Å². The van der Waals surface area contributed by atoms with Gasteiger partial charge in [-0.3, -0.25) is 0 Å². The van der Waals surface area contributed by atoms with Crippen LogP contribution in [-0.4, -0.2) is 19.6 Å². The number of nitrogens with one attached hydrogen (secondary N) is 1. The Morgan fingerprint density at radius 1 is 1.15 bits per heavy atom. The molecule has 0 saturated carbocycles. The summed E-state index contributed by atoms with van der Waals surface area (Å²) in [7, 11) is 0. The molecule has 2 nitrogen and oxygen atoms in total. The van der Waals surface area contributed by atoms with Crippen LogP contribution in [0.5, 0.6) is 0 Å². The minimum Gasteiger partial charge on any atom is -0.371 e. The molecule has 0 bridgehead atoms. The molecule has 114 valence electrons. The number of hydrogen-bond donors (Lipinski definition) is 1. The Kier molecular flexibility index (Phi) is 7.60. The zero-order valence-corrected chi connectivity index (χ0v) is 13.4. The predicted octanol–water partition coefficient (Wildman–Crippen LogP) is 4.20. The Morgan fingerprint density at radius 3 is 2.35 bits per heavy atom. The Labute approximate surface area is 123 Å². The summed E-state index contributed by atoms with van der Waals surface area (Å²) in [5, 5.41) is 3.35. The largest absolute Gasteiger partial charge is 0.371 e. The summed E-state index contributed by atoms with van der Waals surface area (Å²) < 4.78 is 14.1. The molecule has 0 fully saturated rings.